The van der Waals surface area contributed by atoms with Crippen molar-refractivity contribution in [2.75, 3.05) is 39.7 Å². The topological polar surface area (TPSA) is 126 Å². The summed E-state index contributed by atoms with van der Waals surface area (Å²) in [6, 6.07) is 5.92. The summed E-state index contributed by atoms with van der Waals surface area (Å²) in [5.74, 6) is 1.23. The second-order valence-corrected chi connectivity index (χ2v) is 12.0. The van der Waals surface area contributed by atoms with E-state index in [0.29, 0.717) is 55.2 Å². The van der Waals surface area contributed by atoms with Gasteiger partial charge in [-0.15, -0.1) is 0 Å². The van der Waals surface area contributed by atoms with E-state index in [9.17, 15) is 19.5 Å². The Morgan fingerprint density at radius 3 is 2.51 bits per heavy atom. The number of rotatable bonds is 7. The SMILES string of the molecule is COc1cc2c(c(OC)c1OC)-c1ccc(N[C@@H](C)C(=O)N3CC[C@@]4(O)CCCC[C@@H]4C3)c(=O)cc1[C@@H](NC(C)=O)CC2. The Morgan fingerprint density at radius 1 is 1.05 bits per heavy atom. The summed E-state index contributed by atoms with van der Waals surface area (Å²) in [6.07, 6.45) is 5.55. The van der Waals surface area contributed by atoms with Gasteiger partial charge in [0.2, 0.25) is 23.0 Å². The molecule has 0 spiro atoms. The molecule has 0 aromatic heterocycles. The van der Waals surface area contributed by atoms with Gasteiger partial charge in [-0.1, -0.05) is 18.9 Å². The molecule has 2 aliphatic carbocycles. The van der Waals surface area contributed by atoms with Crippen molar-refractivity contribution in [1.29, 1.82) is 0 Å². The standard InChI is InChI=1S/C33H43N3O7/c1-19(32(39)36-15-14-33(40)13-7-6-8-22(33)18-36)34-26-12-10-23-24(17-27(26)38)25(35-20(2)37)11-9-21-16-28(41-3)30(42-4)31(43-5)29(21)23/h10,12,16-17,19,22,25,40H,6-9,11,13-15,18H2,1-5H3,(H,34,38)(H,35,37)/t19-,22+,25-,33-/m0/s1. The van der Waals surface area contributed by atoms with Crippen molar-refractivity contribution >= 4 is 17.5 Å². The largest absolute Gasteiger partial charge is 0.493 e. The molecule has 1 aliphatic heterocycles. The Bertz CT molecular complexity index is 1460. The molecule has 232 valence electrons. The second-order valence-electron chi connectivity index (χ2n) is 12.0. The summed E-state index contributed by atoms with van der Waals surface area (Å²) in [6.45, 7) is 4.25. The number of piperidine rings is 1. The summed E-state index contributed by atoms with van der Waals surface area (Å²) in [5.41, 5.74) is 2.40. The zero-order chi connectivity index (χ0) is 30.9. The number of anilines is 1. The first-order chi connectivity index (χ1) is 20.6. The molecule has 43 heavy (non-hydrogen) atoms. The summed E-state index contributed by atoms with van der Waals surface area (Å²) < 4.78 is 17.1. The summed E-state index contributed by atoms with van der Waals surface area (Å²) in [7, 11) is 4.67. The van der Waals surface area contributed by atoms with Crippen molar-refractivity contribution in [3.8, 4) is 28.4 Å². The van der Waals surface area contributed by atoms with E-state index in [-0.39, 0.29) is 28.8 Å². The van der Waals surface area contributed by atoms with Crippen LogP contribution in [0.2, 0.25) is 0 Å². The number of amides is 2. The maximum Gasteiger partial charge on any atom is 0.244 e. The number of ether oxygens (including phenoxy) is 3. The van der Waals surface area contributed by atoms with Gasteiger partial charge in [-0.3, -0.25) is 14.4 Å². The van der Waals surface area contributed by atoms with Crippen LogP contribution in [0.5, 0.6) is 17.2 Å². The number of aliphatic hydroxyl groups is 1. The van der Waals surface area contributed by atoms with Crippen LogP contribution in [0.25, 0.3) is 11.1 Å². The maximum atomic E-state index is 13.7. The Labute approximate surface area is 252 Å². The summed E-state index contributed by atoms with van der Waals surface area (Å²) >= 11 is 0. The van der Waals surface area contributed by atoms with Crippen LogP contribution < -0.4 is 30.3 Å². The van der Waals surface area contributed by atoms with Crippen molar-refractivity contribution in [2.45, 2.75) is 76.5 Å². The number of carbonyl (C=O) groups excluding carboxylic acids is 2. The molecular weight excluding hydrogens is 550 g/mol. The average Bonchev–Trinajstić information content (AvgIpc) is 3.23. The average molecular weight is 594 g/mol. The number of fused-ring (bicyclic) bond motifs is 4. The van der Waals surface area contributed by atoms with Crippen molar-refractivity contribution in [3.05, 3.63) is 45.6 Å². The molecule has 1 heterocycles. The Hall–Kier alpha value is -3.79. The molecule has 5 rings (SSSR count). The predicted octanol–water partition coefficient (Wildman–Crippen LogP) is 3.82. The molecule has 3 aliphatic rings. The van der Waals surface area contributed by atoms with Crippen LogP contribution in [0.15, 0.2) is 29.1 Å². The van der Waals surface area contributed by atoms with Crippen LogP contribution in [0, 0.1) is 5.92 Å². The Kier molecular flexibility index (Phi) is 8.87. The lowest BCUT2D eigenvalue weighted by atomic mass is 9.71. The highest BCUT2D eigenvalue weighted by molar-refractivity contribution is 5.86. The predicted molar refractivity (Wildman–Crippen MR) is 164 cm³/mol. The van der Waals surface area contributed by atoms with Gasteiger partial charge in [0, 0.05) is 31.5 Å². The molecule has 2 aromatic carbocycles. The molecule has 0 bridgehead atoms. The molecule has 1 saturated heterocycles. The van der Waals surface area contributed by atoms with Crippen LogP contribution in [0.3, 0.4) is 0 Å². The van der Waals surface area contributed by atoms with Crippen LogP contribution in [0.4, 0.5) is 5.69 Å². The molecule has 10 heteroatoms. The van der Waals surface area contributed by atoms with Gasteiger partial charge in [0.05, 0.1) is 38.7 Å². The number of aryl methyl sites for hydroxylation is 1. The van der Waals surface area contributed by atoms with Gasteiger partial charge in [0.25, 0.3) is 0 Å². The summed E-state index contributed by atoms with van der Waals surface area (Å²) in [5, 5.41) is 17.2. The van der Waals surface area contributed by atoms with E-state index in [1.807, 2.05) is 17.0 Å². The van der Waals surface area contributed by atoms with Gasteiger partial charge < -0.3 is 34.9 Å². The first kappa shape index (κ1) is 30.7. The fourth-order valence-electron chi connectivity index (χ4n) is 7.17. The molecule has 0 radical (unpaired) electrons. The van der Waals surface area contributed by atoms with Crippen LogP contribution in [-0.2, 0) is 16.0 Å². The minimum atomic E-state index is -0.673. The minimum absolute atomic E-state index is 0.0859. The van der Waals surface area contributed by atoms with Gasteiger partial charge in [0.1, 0.15) is 6.04 Å². The lowest BCUT2D eigenvalue weighted by Gasteiger charge is -2.47. The van der Waals surface area contributed by atoms with Crippen molar-refractivity contribution in [2.24, 2.45) is 5.92 Å². The monoisotopic (exact) mass is 593 g/mol. The van der Waals surface area contributed by atoms with E-state index < -0.39 is 17.7 Å². The molecular formula is C33H43N3O7. The van der Waals surface area contributed by atoms with Crippen LogP contribution in [-0.4, -0.2) is 67.9 Å². The number of likely N-dealkylation sites (tertiary alicyclic amines) is 1. The highest BCUT2D eigenvalue weighted by Crippen LogP contribution is 2.50. The number of nitrogens with zero attached hydrogens (tertiary/aromatic N) is 1. The number of methoxy groups -OCH3 is 3. The number of nitrogens with one attached hydrogen (secondary N) is 2. The van der Waals surface area contributed by atoms with E-state index in [2.05, 4.69) is 10.6 Å². The molecule has 0 unspecified atom stereocenters. The fraction of sp³-hybridized carbons (Fsp3) is 0.545. The Balaban J connectivity index is 1.51. The van der Waals surface area contributed by atoms with Gasteiger partial charge in [0.15, 0.2) is 11.5 Å². The van der Waals surface area contributed by atoms with E-state index in [4.69, 9.17) is 14.2 Å². The fourth-order valence-corrected chi connectivity index (χ4v) is 7.17. The van der Waals surface area contributed by atoms with Crippen LogP contribution in [0.1, 0.15) is 69.5 Å². The van der Waals surface area contributed by atoms with Crippen molar-refractivity contribution in [3.63, 3.8) is 0 Å². The molecule has 4 atom stereocenters. The maximum absolute atomic E-state index is 13.7. The normalized spacial score (nSPS) is 23.4. The smallest absolute Gasteiger partial charge is 0.244 e. The van der Waals surface area contributed by atoms with E-state index in [0.717, 1.165) is 42.4 Å². The number of benzene rings is 1. The number of hydrogen-bond donors (Lipinski definition) is 3. The first-order valence-corrected chi connectivity index (χ1v) is 15.2. The first-order valence-electron chi connectivity index (χ1n) is 15.2. The molecule has 2 aromatic rings. The van der Waals surface area contributed by atoms with Crippen molar-refractivity contribution < 1.29 is 28.9 Å². The third kappa shape index (κ3) is 5.89. The highest BCUT2D eigenvalue weighted by atomic mass is 16.5. The minimum Gasteiger partial charge on any atom is -0.493 e. The van der Waals surface area contributed by atoms with Gasteiger partial charge in [-0.2, -0.15) is 0 Å². The third-order valence-electron chi connectivity index (χ3n) is 9.40. The van der Waals surface area contributed by atoms with Gasteiger partial charge in [-0.25, -0.2) is 0 Å². The second kappa shape index (κ2) is 12.4. The third-order valence-corrected chi connectivity index (χ3v) is 9.40. The highest BCUT2D eigenvalue weighted by Gasteiger charge is 2.44. The molecule has 2 fully saturated rings. The Morgan fingerprint density at radius 2 is 1.81 bits per heavy atom. The van der Waals surface area contributed by atoms with E-state index >= 15 is 0 Å². The quantitative estimate of drug-likeness (QED) is 0.443. The molecule has 2 amide bonds. The van der Waals surface area contributed by atoms with Gasteiger partial charge in [-0.05, 0) is 73.9 Å². The zero-order valence-electron chi connectivity index (χ0n) is 25.7. The van der Waals surface area contributed by atoms with E-state index in [1.165, 1.54) is 6.92 Å². The van der Waals surface area contributed by atoms with Crippen molar-refractivity contribution in [1.82, 2.24) is 10.2 Å². The number of carbonyl (C=O) groups is 2. The van der Waals surface area contributed by atoms with Crippen LogP contribution >= 0.6 is 0 Å². The van der Waals surface area contributed by atoms with E-state index in [1.54, 1.807) is 40.4 Å². The van der Waals surface area contributed by atoms with Gasteiger partial charge >= 0.3 is 0 Å². The number of hydrogen-bond acceptors (Lipinski definition) is 8. The lowest BCUT2D eigenvalue weighted by Crippen LogP contribution is -2.56. The molecule has 1 saturated carbocycles. The zero-order valence-corrected chi connectivity index (χ0v) is 25.7. The molecule has 10 nitrogen and oxygen atoms in total. The molecule has 3 N–H and O–H groups in total. The lowest BCUT2D eigenvalue weighted by molar-refractivity contribution is -0.143. The summed E-state index contributed by atoms with van der Waals surface area (Å²) in [4.78, 5) is 41.2.